The standard InChI is InChI=1S/C6H8N2O2S3.4CH4/c1-2-10-4(9)3-12-6-8-7-5(11)13-6;;;;/h2-3H2,1H3,(H,7,11);4*1H4. The summed E-state index contributed by atoms with van der Waals surface area (Å²) in [7, 11) is 0. The molecule has 0 atom stereocenters. The van der Waals surface area contributed by atoms with Gasteiger partial charge < -0.3 is 4.74 Å². The zero-order valence-corrected chi connectivity index (χ0v) is 9.35. The molecule has 17 heavy (non-hydrogen) atoms. The molecule has 1 heterocycles. The van der Waals surface area contributed by atoms with E-state index in [1.54, 1.807) is 6.92 Å². The highest BCUT2D eigenvalue weighted by Gasteiger charge is 2.05. The fraction of sp³-hybridized carbons (Fsp3) is 0.700. The Hall–Kier alpha value is -0.400. The van der Waals surface area contributed by atoms with Crippen molar-refractivity contribution in [3.05, 3.63) is 3.95 Å². The molecule has 0 radical (unpaired) electrons. The van der Waals surface area contributed by atoms with E-state index >= 15 is 0 Å². The first kappa shape index (κ1) is 25.4. The molecule has 0 fully saturated rings. The Kier molecular flexibility index (Phi) is 20.5. The Morgan fingerprint density at radius 2 is 2.06 bits per heavy atom. The normalized spacial score (nSPS) is 7.59. The Labute approximate surface area is 118 Å². The molecule has 0 amide bonds. The van der Waals surface area contributed by atoms with Crippen molar-refractivity contribution in [1.29, 1.82) is 0 Å². The Balaban J connectivity index is -0.000000211. The van der Waals surface area contributed by atoms with E-state index in [4.69, 9.17) is 17.0 Å². The number of rotatable bonds is 4. The number of nitrogens with one attached hydrogen (secondary N) is 1. The van der Waals surface area contributed by atoms with Gasteiger partial charge in [-0.3, -0.25) is 9.89 Å². The number of carbonyl (C=O) groups is 1. The van der Waals surface area contributed by atoms with Crippen LogP contribution < -0.4 is 0 Å². The summed E-state index contributed by atoms with van der Waals surface area (Å²) < 4.78 is 6.13. The van der Waals surface area contributed by atoms with Crippen molar-refractivity contribution < 1.29 is 9.53 Å². The highest BCUT2D eigenvalue weighted by atomic mass is 32.2. The number of aromatic nitrogens is 2. The lowest BCUT2D eigenvalue weighted by molar-refractivity contribution is -0.139. The molecule has 0 aliphatic carbocycles. The summed E-state index contributed by atoms with van der Waals surface area (Å²) in [4.78, 5) is 10.9. The van der Waals surface area contributed by atoms with E-state index in [2.05, 4.69) is 10.2 Å². The van der Waals surface area contributed by atoms with Gasteiger partial charge in [-0.15, -0.1) is 0 Å². The molecule has 0 aliphatic rings. The maximum atomic E-state index is 10.9. The molecule has 0 aliphatic heterocycles. The minimum Gasteiger partial charge on any atom is -0.465 e. The average Bonchev–Trinajstić information content (AvgIpc) is 2.49. The summed E-state index contributed by atoms with van der Waals surface area (Å²) in [5.74, 6) is 0.0536. The highest BCUT2D eigenvalue weighted by molar-refractivity contribution is 8.01. The van der Waals surface area contributed by atoms with Gasteiger partial charge in [0.05, 0.1) is 12.4 Å². The van der Waals surface area contributed by atoms with E-state index in [0.29, 0.717) is 10.6 Å². The van der Waals surface area contributed by atoms with Crippen LogP contribution in [-0.2, 0) is 9.53 Å². The molecule has 0 saturated carbocycles. The number of hydrogen-bond acceptors (Lipinski definition) is 6. The third-order valence-corrected chi connectivity index (χ3v) is 3.24. The van der Waals surface area contributed by atoms with Gasteiger partial charge >= 0.3 is 5.97 Å². The lowest BCUT2D eigenvalue weighted by Gasteiger charge is -1.97. The van der Waals surface area contributed by atoms with Crippen LogP contribution in [0.1, 0.15) is 36.6 Å². The van der Waals surface area contributed by atoms with Gasteiger partial charge in [-0.1, -0.05) is 52.8 Å². The van der Waals surface area contributed by atoms with Gasteiger partial charge in [-0.05, 0) is 19.1 Å². The zero-order valence-electron chi connectivity index (χ0n) is 6.90. The van der Waals surface area contributed by atoms with Crippen LogP contribution >= 0.6 is 35.3 Å². The third-order valence-electron chi connectivity index (χ3n) is 1.04. The third kappa shape index (κ3) is 10.5. The van der Waals surface area contributed by atoms with E-state index in [-0.39, 0.29) is 41.4 Å². The fourth-order valence-electron chi connectivity index (χ4n) is 0.601. The van der Waals surface area contributed by atoms with E-state index in [0.717, 1.165) is 4.34 Å². The van der Waals surface area contributed by atoms with Crippen molar-refractivity contribution in [1.82, 2.24) is 10.2 Å². The van der Waals surface area contributed by atoms with Gasteiger partial charge in [-0.25, -0.2) is 0 Å². The van der Waals surface area contributed by atoms with Crippen LogP contribution in [-0.4, -0.2) is 28.5 Å². The smallest absolute Gasteiger partial charge is 0.316 e. The predicted molar refractivity (Wildman–Crippen MR) is 81.6 cm³/mol. The van der Waals surface area contributed by atoms with Crippen molar-refractivity contribution in [2.75, 3.05) is 12.4 Å². The van der Waals surface area contributed by atoms with E-state index in [9.17, 15) is 4.79 Å². The molecule has 1 N–H and O–H groups in total. The Bertz CT molecular complexity index is 336. The summed E-state index contributed by atoms with van der Waals surface area (Å²) in [6.45, 7) is 2.19. The summed E-state index contributed by atoms with van der Waals surface area (Å²) in [5, 5.41) is 6.53. The second-order valence-corrected chi connectivity index (χ2v) is 4.86. The minimum atomic E-state index is -0.228. The van der Waals surface area contributed by atoms with Gasteiger partial charge in [0.15, 0.2) is 8.29 Å². The van der Waals surface area contributed by atoms with Gasteiger partial charge in [0, 0.05) is 0 Å². The molecule has 0 spiro atoms. The topological polar surface area (TPSA) is 55.0 Å². The number of carbonyl (C=O) groups excluding carboxylic acids is 1. The number of esters is 1. The van der Waals surface area contributed by atoms with Crippen molar-refractivity contribution >= 4 is 41.3 Å². The van der Waals surface area contributed by atoms with Gasteiger partial charge in [0.1, 0.15) is 0 Å². The van der Waals surface area contributed by atoms with Crippen LogP contribution in [0.2, 0.25) is 0 Å². The van der Waals surface area contributed by atoms with E-state index < -0.39 is 0 Å². The SMILES string of the molecule is C.C.C.C.CCOC(=O)CSc1n[nH]c(=S)s1. The second-order valence-electron chi connectivity index (χ2n) is 1.97. The molecule has 0 unspecified atom stereocenters. The summed E-state index contributed by atoms with van der Waals surface area (Å²) in [6, 6.07) is 0. The molecule has 0 saturated heterocycles. The highest BCUT2D eigenvalue weighted by Crippen LogP contribution is 2.19. The Morgan fingerprint density at radius 1 is 1.47 bits per heavy atom. The first-order valence-electron chi connectivity index (χ1n) is 3.56. The summed E-state index contributed by atoms with van der Waals surface area (Å²) in [5.41, 5.74) is 0. The van der Waals surface area contributed by atoms with Crippen LogP contribution in [0.3, 0.4) is 0 Å². The first-order chi connectivity index (χ1) is 6.22. The molecule has 0 aromatic carbocycles. The number of aromatic amines is 1. The lowest BCUT2D eigenvalue weighted by Crippen LogP contribution is -2.06. The van der Waals surface area contributed by atoms with Crippen molar-refractivity contribution in [2.45, 2.75) is 41.0 Å². The van der Waals surface area contributed by atoms with Gasteiger partial charge in [0.25, 0.3) is 0 Å². The van der Waals surface area contributed by atoms with E-state index in [1.165, 1.54) is 23.1 Å². The molecular formula is C10H24N2O2S3. The zero-order chi connectivity index (χ0) is 9.68. The summed E-state index contributed by atoms with van der Waals surface area (Å²) in [6.07, 6.45) is 0. The van der Waals surface area contributed by atoms with E-state index in [1.807, 2.05) is 0 Å². The molecule has 4 nitrogen and oxygen atoms in total. The van der Waals surface area contributed by atoms with Crippen LogP contribution in [0.15, 0.2) is 4.34 Å². The number of thioether (sulfide) groups is 1. The predicted octanol–water partition coefficient (Wildman–Crippen LogP) is 4.40. The Morgan fingerprint density at radius 3 is 2.47 bits per heavy atom. The van der Waals surface area contributed by atoms with Crippen LogP contribution in [0.25, 0.3) is 0 Å². The fourth-order valence-corrected chi connectivity index (χ4v) is 2.48. The van der Waals surface area contributed by atoms with Crippen molar-refractivity contribution in [3.8, 4) is 0 Å². The van der Waals surface area contributed by atoms with Crippen molar-refractivity contribution in [2.24, 2.45) is 0 Å². The lowest BCUT2D eigenvalue weighted by atomic mass is 10.8. The quantitative estimate of drug-likeness (QED) is 0.507. The van der Waals surface area contributed by atoms with Gasteiger partial charge in [0.2, 0.25) is 0 Å². The number of nitrogens with zero attached hydrogens (tertiary/aromatic N) is 1. The molecule has 104 valence electrons. The first-order valence-corrected chi connectivity index (χ1v) is 5.77. The number of hydrogen-bond donors (Lipinski definition) is 1. The average molecular weight is 301 g/mol. The molecule has 1 aromatic heterocycles. The molecule has 0 bridgehead atoms. The monoisotopic (exact) mass is 300 g/mol. The van der Waals surface area contributed by atoms with Gasteiger partial charge in [-0.2, -0.15) is 5.10 Å². The maximum Gasteiger partial charge on any atom is 0.316 e. The molecule has 7 heteroatoms. The molecule has 1 aromatic rings. The van der Waals surface area contributed by atoms with Crippen LogP contribution in [0.4, 0.5) is 0 Å². The van der Waals surface area contributed by atoms with Crippen molar-refractivity contribution in [3.63, 3.8) is 0 Å². The number of ether oxygens (including phenoxy) is 1. The second kappa shape index (κ2) is 13.7. The summed E-state index contributed by atoms with van der Waals surface area (Å²) >= 11 is 7.51. The number of H-pyrrole nitrogens is 1. The minimum absolute atomic E-state index is 0. The maximum absolute atomic E-state index is 10.9. The molecule has 1 rings (SSSR count). The van der Waals surface area contributed by atoms with Crippen LogP contribution in [0.5, 0.6) is 0 Å². The molecular weight excluding hydrogens is 276 g/mol. The largest absolute Gasteiger partial charge is 0.465 e. The van der Waals surface area contributed by atoms with Crippen LogP contribution in [0, 0.1) is 3.95 Å².